The quantitative estimate of drug-likeness (QED) is 0.288. The lowest BCUT2D eigenvalue weighted by Crippen LogP contribution is -2.02. The van der Waals surface area contributed by atoms with Gasteiger partial charge in [-0.3, -0.25) is 0 Å². The van der Waals surface area contributed by atoms with Crippen molar-refractivity contribution in [2.45, 2.75) is 20.4 Å². The second kappa shape index (κ2) is 9.08. The number of aryl methyl sites for hydroxylation is 2. The smallest absolute Gasteiger partial charge is 0.250 e. The molecule has 4 rings (SSSR count). The fourth-order valence-electron chi connectivity index (χ4n) is 3.51. The molecule has 4 aromatic rings. The summed E-state index contributed by atoms with van der Waals surface area (Å²) in [6, 6.07) is 13.7. The van der Waals surface area contributed by atoms with Crippen LogP contribution in [0.5, 0.6) is 17.4 Å². The van der Waals surface area contributed by atoms with Gasteiger partial charge in [-0.15, -0.1) is 0 Å². The zero-order valence-corrected chi connectivity index (χ0v) is 18.6. The van der Waals surface area contributed by atoms with Gasteiger partial charge in [-0.05, 0) is 78.0 Å². The molecule has 0 amide bonds. The summed E-state index contributed by atoms with van der Waals surface area (Å²) in [5.41, 5.74) is 4.91. The van der Waals surface area contributed by atoms with Crippen LogP contribution in [-0.2, 0) is 6.54 Å². The Bertz CT molecular complexity index is 1330. The topological polar surface area (TPSA) is 85.8 Å². The highest BCUT2D eigenvalue weighted by Crippen LogP contribution is 2.33. The third kappa shape index (κ3) is 4.41. The Hall–Kier alpha value is -3.89. The van der Waals surface area contributed by atoms with Gasteiger partial charge in [0.2, 0.25) is 11.2 Å². The molecule has 160 valence electrons. The maximum absolute atomic E-state index is 8.78. The van der Waals surface area contributed by atoms with Gasteiger partial charge in [0.1, 0.15) is 11.5 Å². The molecule has 0 N–H and O–H groups in total. The fraction of sp³-hybridized carbons (Fsp3) is 0.167. The number of aromatic nitrogens is 4. The molecule has 8 heteroatoms. The van der Waals surface area contributed by atoms with E-state index in [0.29, 0.717) is 29.3 Å². The standard InChI is InChI=1S/C24H20ClN5O2/c1-15-11-18(5-4-10-26)12-16(2)21(15)32-23-20-22(28-24(25)29-23)27-14-30(20)13-17-6-8-19(31-3)9-7-17/h4-9,11-12,14H,13H2,1-3H3. The van der Waals surface area contributed by atoms with E-state index in [-0.39, 0.29) is 5.28 Å². The highest BCUT2D eigenvalue weighted by Gasteiger charge is 2.17. The Morgan fingerprint density at radius 2 is 1.84 bits per heavy atom. The van der Waals surface area contributed by atoms with E-state index in [2.05, 4.69) is 15.0 Å². The average Bonchev–Trinajstić information content (AvgIpc) is 3.17. The first-order valence-electron chi connectivity index (χ1n) is 9.85. The van der Waals surface area contributed by atoms with Crippen molar-refractivity contribution in [3.63, 3.8) is 0 Å². The lowest BCUT2D eigenvalue weighted by atomic mass is 10.1. The minimum Gasteiger partial charge on any atom is -0.497 e. The molecule has 32 heavy (non-hydrogen) atoms. The van der Waals surface area contributed by atoms with Crippen molar-refractivity contribution in [3.8, 4) is 23.4 Å². The Morgan fingerprint density at radius 1 is 1.12 bits per heavy atom. The van der Waals surface area contributed by atoms with Crippen LogP contribution in [0.1, 0.15) is 22.3 Å². The van der Waals surface area contributed by atoms with E-state index in [9.17, 15) is 0 Å². The molecule has 0 saturated heterocycles. The molecular formula is C24H20ClN5O2. The van der Waals surface area contributed by atoms with Crippen molar-refractivity contribution in [2.24, 2.45) is 0 Å². The van der Waals surface area contributed by atoms with Gasteiger partial charge in [0.25, 0.3) is 0 Å². The molecule has 2 aromatic heterocycles. The van der Waals surface area contributed by atoms with Crippen molar-refractivity contribution in [1.82, 2.24) is 19.5 Å². The number of halogens is 1. The molecule has 0 bridgehead atoms. The molecule has 0 radical (unpaired) electrons. The second-order valence-corrected chi connectivity index (χ2v) is 7.58. The van der Waals surface area contributed by atoms with E-state index in [1.54, 1.807) is 19.5 Å². The highest BCUT2D eigenvalue weighted by molar-refractivity contribution is 6.28. The largest absolute Gasteiger partial charge is 0.497 e. The summed E-state index contributed by atoms with van der Waals surface area (Å²) in [7, 11) is 1.64. The highest BCUT2D eigenvalue weighted by atomic mass is 35.5. The third-order valence-electron chi connectivity index (χ3n) is 4.96. The van der Waals surface area contributed by atoms with Crippen molar-refractivity contribution in [1.29, 1.82) is 5.26 Å². The van der Waals surface area contributed by atoms with E-state index < -0.39 is 0 Å². The lowest BCUT2D eigenvalue weighted by molar-refractivity contribution is 0.414. The van der Waals surface area contributed by atoms with Crippen LogP contribution in [0.2, 0.25) is 5.28 Å². The number of allylic oxidation sites excluding steroid dienone is 1. The minimum absolute atomic E-state index is 0.0612. The molecule has 2 aromatic carbocycles. The number of imidazole rings is 1. The third-order valence-corrected chi connectivity index (χ3v) is 5.13. The molecule has 0 aliphatic carbocycles. The fourth-order valence-corrected chi connectivity index (χ4v) is 3.67. The van der Waals surface area contributed by atoms with E-state index in [4.69, 9.17) is 26.3 Å². The van der Waals surface area contributed by atoms with E-state index in [1.165, 1.54) is 6.08 Å². The van der Waals surface area contributed by atoms with Crippen LogP contribution in [-0.4, -0.2) is 26.6 Å². The Kier molecular flexibility index (Phi) is 6.06. The molecular weight excluding hydrogens is 426 g/mol. The van der Waals surface area contributed by atoms with Crippen LogP contribution in [0, 0.1) is 25.2 Å². The van der Waals surface area contributed by atoms with Crippen LogP contribution in [0.15, 0.2) is 48.8 Å². The molecule has 0 aliphatic heterocycles. The summed E-state index contributed by atoms with van der Waals surface area (Å²) in [5, 5.41) is 8.84. The number of benzene rings is 2. The Morgan fingerprint density at radius 3 is 2.50 bits per heavy atom. The average molecular weight is 446 g/mol. The number of hydrogen-bond acceptors (Lipinski definition) is 6. The molecule has 0 saturated carbocycles. The van der Waals surface area contributed by atoms with E-state index in [0.717, 1.165) is 28.0 Å². The SMILES string of the molecule is COc1ccc(Cn2cnc3nc(Cl)nc(Oc4c(C)cc(C=CC#N)cc4C)c32)cc1. The number of fused-ring (bicyclic) bond motifs is 1. The van der Waals surface area contributed by atoms with E-state index in [1.807, 2.05) is 60.9 Å². The summed E-state index contributed by atoms with van der Waals surface area (Å²) in [4.78, 5) is 13.0. The maximum Gasteiger partial charge on any atom is 0.250 e. The van der Waals surface area contributed by atoms with Gasteiger partial charge >= 0.3 is 0 Å². The zero-order valence-electron chi connectivity index (χ0n) is 17.8. The molecule has 7 nitrogen and oxygen atoms in total. The molecule has 0 unspecified atom stereocenters. The van der Waals surface area contributed by atoms with Crippen molar-refractivity contribution in [3.05, 3.63) is 76.3 Å². The number of hydrogen-bond donors (Lipinski definition) is 0. The normalized spacial score (nSPS) is 11.1. The molecule has 0 aliphatic rings. The molecule has 2 heterocycles. The monoisotopic (exact) mass is 445 g/mol. The Labute approximate surface area is 190 Å². The zero-order chi connectivity index (χ0) is 22.7. The van der Waals surface area contributed by atoms with Crippen molar-refractivity contribution >= 4 is 28.8 Å². The minimum atomic E-state index is 0.0612. The summed E-state index contributed by atoms with van der Waals surface area (Å²) in [5.74, 6) is 1.80. The number of rotatable bonds is 6. The summed E-state index contributed by atoms with van der Waals surface area (Å²) >= 11 is 6.15. The first-order valence-corrected chi connectivity index (χ1v) is 10.2. The summed E-state index contributed by atoms with van der Waals surface area (Å²) in [6.45, 7) is 4.44. The second-order valence-electron chi connectivity index (χ2n) is 7.24. The molecule has 0 spiro atoms. The summed E-state index contributed by atoms with van der Waals surface area (Å²) in [6.07, 6.45) is 4.90. The Balaban J connectivity index is 1.73. The first kappa shape index (κ1) is 21.3. The molecule has 0 atom stereocenters. The van der Waals surface area contributed by atoms with Gasteiger partial charge in [-0.1, -0.05) is 12.1 Å². The van der Waals surface area contributed by atoms with Crippen molar-refractivity contribution in [2.75, 3.05) is 7.11 Å². The van der Waals surface area contributed by atoms with Crippen LogP contribution in [0.3, 0.4) is 0 Å². The van der Waals surface area contributed by atoms with Gasteiger partial charge in [0.05, 0.1) is 19.5 Å². The predicted molar refractivity (Wildman–Crippen MR) is 123 cm³/mol. The van der Waals surface area contributed by atoms with Crippen molar-refractivity contribution < 1.29 is 9.47 Å². The van der Waals surface area contributed by atoms with Gasteiger partial charge in [-0.2, -0.15) is 15.2 Å². The van der Waals surface area contributed by atoms with Gasteiger partial charge in [-0.25, -0.2) is 4.98 Å². The van der Waals surface area contributed by atoms with Gasteiger partial charge in [0.15, 0.2) is 11.2 Å². The van der Waals surface area contributed by atoms with Gasteiger partial charge < -0.3 is 14.0 Å². The molecule has 0 fully saturated rings. The lowest BCUT2D eigenvalue weighted by Gasteiger charge is -2.14. The van der Waals surface area contributed by atoms with Crippen LogP contribution in [0.4, 0.5) is 0 Å². The van der Waals surface area contributed by atoms with Gasteiger partial charge in [0, 0.05) is 12.6 Å². The summed E-state index contributed by atoms with van der Waals surface area (Å²) < 4.78 is 13.4. The number of nitriles is 1. The number of methoxy groups -OCH3 is 1. The van der Waals surface area contributed by atoms with Crippen LogP contribution in [0.25, 0.3) is 17.2 Å². The van der Waals surface area contributed by atoms with E-state index >= 15 is 0 Å². The number of nitrogens with zero attached hydrogens (tertiary/aromatic N) is 5. The van der Waals surface area contributed by atoms with Crippen LogP contribution < -0.4 is 9.47 Å². The first-order chi connectivity index (χ1) is 15.5. The van der Waals surface area contributed by atoms with Crippen LogP contribution >= 0.6 is 11.6 Å². The maximum atomic E-state index is 8.78. The number of ether oxygens (including phenoxy) is 2. The predicted octanol–water partition coefficient (Wildman–Crippen LogP) is 5.48.